The molecule has 8 heteroatoms. The summed E-state index contributed by atoms with van der Waals surface area (Å²) >= 11 is 0. The molecular formula is C11H21N3O5. The van der Waals surface area contributed by atoms with Crippen LogP contribution in [0.1, 0.15) is 6.42 Å². The van der Waals surface area contributed by atoms with Gasteiger partial charge >= 0.3 is 12.0 Å². The maximum atomic E-state index is 12.0. The Bertz CT molecular complexity index is 321. The predicted octanol–water partition coefficient (Wildman–Crippen LogP) is -0.793. The van der Waals surface area contributed by atoms with E-state index in [1.807, 2.05) is 0 Å². The van der Waals surface area contributed by atoms with E-state index in [0.717, 1.165) is 4.90 Å². The first-order chi connectivity index (χ1) is 8.92. The highest BCUT2D eigenvalue weighted by molar-refractivity contribution is 5.81. The van der Waals surface area contributed by atoms with Gasteiger partial charge < -0.3 is 25.0 Å². The molecular weight excluding hydrogens is 254 g/mol. The third kappa shape index (κ3) is 7.24. The van der Waals surface area contributed by atoms with Crippen LogP contribution in [0.25, 0.3) is 0 Å². The largest absolute Gasteiger partial charge is 0.480 e. The third-order valence-corrected chi connectivity index (χ3v) is 2.44. The van der Waals surface area contributed by atoms with Crippen LogP contribution in [0.4, 0.5) is 4.79 Å². The normalized spacial score (nSPS) is 9.84. The fourth-order valence-electron chi connectivity index (χ4n) is 1.34. The van der Waals surface area contributed by atoms with Crippen molar-refractivity contribution in [1.29, 1.82) is 0 Å². The van der Waals surface area contributed by atoms with Gasteiger partial charge in [0.1, 0.15) is 6.54 Å². The number of ether oxygens (including phenoxy) is 1. The maximum Gasteiger partial charge on any atom is 0.323 e. The Kier molecular flexibility index (Phi) is 8.27. The zero-order valence-electron chi connectivity index (χ0n) is 11.5. The second kappa shape index (κ2) is 9.15. The summed E-state index contributed by atoms with van der Waals surface area (Å²) in [6, 6.07) is -0.441. The van der Waals surface area contributed by atoms with Crippen LogP contribution in [-0.2, 0) is 14.3 Å². The van der Waals surface area contributed by atoms with Crippen molar-refractivity contribution in [3.63, 3.8) is 0 Å². The van der Waals surface area contributed by atoms with Gasteiger partial charge in [0.2, 0.25) is 5.91 Å². The molecule has 3 amide bonds. The molecule has 0 aliphatic heterocycles. The highest BCUT2D eigenvalue weighted by Crippen LogP contribution is 1.99. The van der Waals surface area contributed by atoms with Gasteiger partial charge in [-0.1, -0.05) is 0 Å². The van der Waals surface area contributed by atoms with Crippen LogP contribution in [0, 0.1) is 0 Å². The van der Waals surface area contributed by atoms with Crippen molar-refractivity contribution in [1.82, 2.24) is 15.1 Å². The molecule has 0 aliphatic carbocycles. The molecule has 0 aromatic carbocycles. The molecule has 2 N–H and O–H groups in total. The molecule has 0 saturated heterocycles. The van der Waals surface area contributed by atoms with Crippen molar-refractivity contribution in [2.24, 2.45) is 0 Å². The van der Waals surface area contributed by atoms with E-state index in [1.54, 1.807) is 0 Å². The van der Waals surface area contributed by atoms with E-state index < -0.39 is 18.5 Å². The van der Waals surface area contributed by atoms with Crippen LogP contribution in [-0.4, -0.2) is 80.3 Å². The van der Waals surface area contributed by atoms with Crippen molar-refractivity contribution < 1.29 is 24.2 Å². The van der Waals surface area contributed by atoms with Crippen LogP contribution in [0.3, 0.4) is 0 Å². The lowest BCUT2D eigenvalue weighted by Crippen LogP contribution is -2.45. The molecule has 110 valence electrons. The number of hydrogen-bond acceptors (Lipinski definition) is 4. The van der Waals surface area contributed by atoms with Gasteiger partial charge in [-0.25, -0.2) is 4.79 Å². The lowest BCUT2D eigenvalue weighted by Gasteiger charge is -2.26. The topological polar surface area (TPSA) is 99.2 Å². The molecule has 0 unspecified atom stereocenters. The summed E-state index contributed by atoms with van der Waals surface area (Å²) in [7, 11) is 4.51. The average molecular weight is 275 g/mol. The van der Waals surface area contributed by atoms with Gasteiger partial charge in [-0.15, -0.1) is 0 Å². The number of hydrogen-bond donors (Lipinski definition) is 2. The van der Waals surface area contributed by atoms with E-state index >= 15 is 0 Å². The lowest BCUT2D eigenvalue weighted by molar-refractivity contribution is -0.138. The van der Waals surface area contributed by atoms with Crippen molar-refractivity contribution >= 4 is 17.9 Å². The van der Waals surface area contributed by atoms with E-state index in [-0.39, 0.29) is 32.0 Å². The van der Waals surface area contributed by atoms with Gasteiger partial charge in [0, 0.05) is 40.7 Å². The number of amides is 3. The molecule has 19 heavy (non-hydrogen) atoms. The SMILES string of the molecule is CNC(=O)CCN(C)C(=O)N(CCOC)CC(=O)O. The predicted molar refractivity (Wildman–Crippen MR) is 67.8 cm³/mol. The minimum atomic E-state index is -1.09. The summed E-state index contributed by atoms with van der Waals surface area (Å²) in [4.78, 5) is 36.2. The first-order valence-corrected chi connectivity index (χ1v) is 5.83. The minimum absolute atomic E-state index is 0.171. The number of carbonyl (C=O) groups excluding carboxylic acids is 2. The van der Waals surface area contributed by atoms with Gasteiger partial charge in [0.05, 0.1) is 6.61 Å². The number of carbonyl (C=O) groups is 3. The number of aliphatic carboxylic acids is 1. The fourth-order valence-corrected chi connectivity index (χ4v) is 1.34. The second-order valence-corrected chi connectivity index (χ2v) is 3.94. The van der Waals surface area contributed by atoms with Gasteiger partial charge in [-0.2, -0.15) is 0 Å². The summed E-state index contributed by atoms with van der Waals surface area (Å²) in [6.45, 7) is 0.266. The zero-order chi connectivity index (χ0) is 14.8. The van der Waals surface area contributed by atoms with Crippen LogP contribution < -0.4 is 5.32 Å². The number of nitrogens with zero attached hydrogens (tertiary/aromatic N) is 2. The number of carboxylic acid groups (broad SMARTS) is 1. The van der Waals surface area contributed by atoms with E-state index in [0.29, 0.717) is 0 Å². The van der Waals surface area contributed by atoms with E-state index in [4.69, 9.17) is 9.84 Å². The summed E-state index contributed by atoms with van der Waals surface area (Å²) in [5, 5.41) is 11.2. The molecule has 0 aliphatic rings. The monoisotopic (exact) mass is 275 g/mol. The average Bonchev–Trinajstić information content (AvgIpc) is 2.38. The third-order valence-electron chi connectivity index (χ3n) is 2.44. The molecule has 0 spiro atoms. The smallest absolute Gasteiger partial charge is 0.323 e. The molecule has 0 radical (unpaired) electrons. The summed E-state index contributed by atoms with van der Waals surface area (Å²) in [5.74, 6) is -1.27. The molecule has 0 rings (SSSR count). The Balaban J connectivity index is 4.41. The summed E-state index contributed by atoms with van der Waals surface area (Å²) in [5.41, 5.74) is 0. The van der Waals surface area contributed by atoms with Gasteiger partial charge in [-0.05, 0) is 0 Å². The van der Waals surface area contributed by atoms with Crippen molar-refractivity contribution in [3.8, 4) is 0 Å². The molecule has 0 fully saturated rings. The number of nitrogens with one attached hydrogen (secondary N) is 1. The molecule has 0 aromatic heterocycles. The second-order valence-electron chi connectivity index (χ2n) is 3.94. The van der Waals surface area contributed by atoms with E-state index in [9.17, 15) is 14.4 Å². The summed E-state index contributed by atoms with van der Waals surface area (Å²) < 4.78 is 4.83. The zero-order valence-corrected chi connectivity index (χ0v) is 11.5. The van der Waals surface area contributed by atoms with Crippen LogP contribution in [0.15, 0.2) is 0 Å². The molecule has 0 heterocycles. The number of methoxy groups -OCH3 is 1. The maximum absolute atomic E-state index is 12.0. The first kappa shape index (κ1) is 17.2. The van der Waals surface area contributed by atoms with Gasteiger partial charge in [0.15, 0.2) is 0 Å². The Hall–Kier alpha value is -1.83. The van der Waals surface area contributed by atoms with Crippen LogP contribution >= 0.6 is 0 Å². The van der Waals surface area contributed by atoms with E-state index in [2.05, 4.69) is 5.32 Å². The fraction of sp³-hybridized carbons (Fsp3) is 0.727. The Morgan fingerprint density at radius 3 is 2.37 bits per heavy atom. The molecule has 0 bridgehead atoms. The number of rotatable bonds is 8. The van der Waals surface area contributed by atoms with Crippen molar-refractivity contribution in [3.05, 3.63) is 0 Å². The molecule has 0 saturated carbocycles. The standard InChI is InChI=1S/C11H21N3O5/c1-12-9(15)4-5-13(2)11(18)14(6-7-19-3)8-10(16)17/h4-8H2,1-3H3,(H,12,15)(H,16,17). The molecule has 0 atom stereocenters. The number of carboxylic acids is 1. The van der Waals surface area contributed by atoms with E-state index in [1.165, 1.54) is 26.1 Å². The molecule has 0 aromatic rings. The lowest BCUT2D eigenvalue weighted by atomic mass is 10.3. The number of urea groups is 1. The Labute approximate surface area is 112 Å². The van der Waals surface area contributed by atoms with Crippen LogP contribution in [0.2, 0.25) is 0 Å². The minimum Gasteiger partial charge on any atom is -0.480 e. The quantitative estimate of drug-likeness (QED) is 0.604. The van der Waals surface area contributed by atoms with Crippen molar-refractivity contribution in [2.45, 2.75) is 6.42 Å². The Morgan fingerprint density at radius 2 is 1.89 bits per heavy atom. The Morgan fingerprint density at radius 1 is 1.26 bits per heavy atom. The molecule has 8 nitrogen and oxygen atoms in total. The highest BCUT2D eigenvalue weighted by Gasteiger charge is 2.20. The van der Waals surface area contributed by atoms with Gasteiger partial charge in [-0.3, -0.25) is 9.59 Å². The first-order valence-electron chi connectivity index (χ1n) is 5.83. The highest BCUT2D eigenvalue weighted by atomic mass is 16.5. The summed E-state index contributed by atoms with van der Waals surface area (Å²) in [6.07, 6.45) is 0.171. The van der Waals surface area contributed by atoms with Gasteiger partial charge in [0.25, 0.3) is 0 Å². The van der Waals surface area contributed by atoms with Crippen LogP contribution in [0.5, 0.6) is 0 Å². The van der Waals surface area contributed by atoms with Crippen molar-refractivity contribution in [2.75, 3.05) is 47.4 Å².